The molecule has 0 aliphatic carbocycles. The van der Waals surface area contributed by atoms with E-state index in [9.17, 15) is 18.0 Å². The Morgan fingerprint density at radius 1 is 1.07 bits per heavy atom. The quantitative estimate of drug-likeness (QED) is 0.653. The lowest BCUT2D eigenvalue weighted by Crippen LogP contribution is -2.49. The van der Waals surface area contributed by atoms with Crippen molar-refractivity contribution in [3.05, 3.63) is 53.2 Å². The maximum atomic E-state index is 13.1. The molecule has 2 aromatic heterocycles. The van der Waals surface area contributed by atoms with Gasteiger partial charge >= 0.3 is 6.18 Å². The van der Waals surface area contributed by atoms with Crippen LogP contribution in [-0.2, 0) is 6.18 Å². The maximum Gasteiger partial charge on any atom is 0.417 e. The molecule has 1 aliphatic rings. The number of benzene rings is 1. The van der Waals surface area contributed by atoms with Crippen LogP contribution >= 0.6 is 0 Å². The standard InChI is InChI=1S/C20H20F3N5O2/c1-13-3-4-14(11-16(13)30-2)18(29)26-7-9-27(10-8-26)19-25-24-17-6-5-15(12-28(17)19)20(21,22)23/h3-6,11-12H,7-10H2,1-2H3. The van der Waals surface area contributed by atoms with Crippen LogP contribution in [0, 0.1) is 6.92 Å². The van der Waals surface area contributed by atoms with Crippen molar-refractivity contribution in [2.75, 3.05) is 38.2 Å². The number of fused-ring (bicyclic) bond motifs is 1. The molecular formula is C20H20F3N5O2. The molecule has 3 heterocycles. The van der Waals surface area contributed by atoms with Gasteiger partial charge in [0.15, 0.2) is 5.65 Å². The van der Waals surface area contributed by atoms with Gasteiger partial charge in [0.25, 0.3) is 5.91 Å². The van der Waals surface area contributed by atoms with Gasteiger partial charge in [0.05, 0.1) is 12.7 Å². The number of nitrogens with zero attached hydrogens (tertiary/aromatic N) is 5. The van der Waals surface area contributed by atoms with Gasteiger partial charge in [-0.25, -0.2) is 0 Å². The molecule has 1 aliphatic heterocycles. The molecule has 10 heteroatoms. The smallest absolute Gasteiger partial charge is 0.417 e. The first-order valence-corrected chi connectivity index (χ1v) is 9.39. The second-order valence-electron chi connectivity index (χ2n) is 7.11. The summed E-state index contributed by atoms with van der Waals surface area (Å²) < 4.78 is 45.8. The molecule has 0 spiro atoms. The van der Waals surface area contributed by atoms with E-state index in [0.29, 0.717) is 49.1 Å². The highest BCUT2D eigenvalue weighted by Crippen LogP contribution is 2.30. The number of rotatable bonds is 3. The number of alkyl halides is 3. The van der Waals surface area contributed by atoms with E-state index in [1.807, 2.05) is 17.9 Å². The van der Waals surface area contributed by atoms with E-state index >= 15 is 0 Å². The molecule has 158 valence electrons. The van der Waals surface area contributed by atoms with E-state index in [-0.39, 0.29) is 5.91 Å². The van der Waals surface area contributed by atoms with Gasteiger partial charge in [-0.15, -0.1) is 10.2 Å². The largest absolute Gasteiger partial charge is 0.496 e. The van der Waals surface area contributed by atoms with Crippen molar-refractivity contribution in [2.24, 2.45) is 0 Å². The van der Waals surface area contributed by atoms with Crippen LogP contribution in [0.2, 0.25) is 0 Å². The molecule has 1 aromatic carbocycles. The van der Waals surface area contributed by atoms with Gasteiger partial charge in [-0.3, -0.25) is 9.20 Å². The first kappa shape index (κ1) is 20.0. The molecule has 0 unspecified atom stereocenters. The number of carbonyl (C=O) groups excluding carboxylic acids is 1. The third-order valence-electron chi connectivity index (χ3n) is 5.22. The zero-order valence-corrected chi connectivity index (χ0v) is 16.5. The molecule has 1 amide bonds. The molecule has 30 heavy (non-hydrogen) atoms. The zero-order chi connectivity index (χ0) is 21.5. The molecule has 0 saturated carbocycles. The zero-order valence-electron chi connectivity index (χ0n) is 16.5. The predicted octanol–water partition coefficient (Wildman–Crippen LogP) is 3.03. The van der Waals surface area contributed by atoms with Crippen molar-refractivity contribution in [1.29, 1.82) is 0 Å². The average Bonchev–Trinajstić information content (AvgIpc) is 3.16. The number of carbonyl (C=O) groups is 1. The Kier molecular flexibility index (Phi) is 5.00. The number of ether oxygens (including phenoxy) is 1. The summed E-state index contributed by atoms with van der Waals surface area (Å²) in [6.07, 6.45) is -3.45. The number of methoxy groups -OCH3 is 1. The number of piperazine rings is 1. The van der Waals surface area contributed by atoms with E-state index in [4.69, 9.17) is 4.74 Å². The summed E-state index contributed by atoms with van der Waals surface area (Å²) in [4.78, 5) is 16.4. The normalized spacial score (nSPS) is 15.0. The number of aromatic nitrogens is 3. The minimum atomic E-state index is -4.45. The fraction of sp³-hybridized carbons (Fsp3) is 0.350. The van der Waals surface area contributed by atoms with Crippen LogP contribution < -0.4 is 9.64 Å². The summed E-state index contributed by atoms with van der Waals surface area (Å²) in [5.41, 5.74) is 1.05. The number of hydrogen-bond donors (Lipinski definition) is 0. The molecule has 3 aromatic rings. The Morgan fingerprint density at radius 2 is 1.80 bits per heavy atom. The Hall–Kier alpha value is -3.30. The molecule has 1 fully saturated rings. The molecular weight excluding hydrogens is 399 g/mol. The number of amides is 1. The van der Waals surface area contributed by atoms with Crippen LogP contribution in [0.15, 0.2) is 36.5 Å². The minimum absolute atomic E-state index is 0.113. The van der Waals surface area contributed by atoms with Gasteiger partial charge in [0.1, 0.15) is 5.75 Å². The van der Waals surface area contributed by atoms with Crippen LogP contribution in [-0.4, -0.2) is 58.7 Å². The van der Waals surface area contributed by atoms with E-state index in [0.717, 1.165) is 17.8 Å². The van der Waals surface area contributed by atoms with Gasteiger partial charge in [0.2, 0.25) is 5.95 Å². The van der Waals surface area contributed by atoms with Crippen molar-refractivity contribution >= 4 is 17.5 Å². The number of hydrogen-bond acceptors (Lipinski definition) is 5. The number of halogens is 3. The first-order chi connectivity index (χ1) is 14.3. The summed E-state index contributed by atoms with van der Waals surface area (Å²) in [5, 5.41) is 8.01. The highest BCUT2D eigenvalue weighted by molar-refractivity contribution is 5.95. The molecule has 0 radical (unpaired) electrons. The summed E-state index contributed by atoms with van der Waals surface area (Å²) >= 11 is 0. The summed E-state index contributed by atoms with van der Waals surface area (Å²) in [6, 6.07) is 7.60. The molecule has 7 nitrogen and oxygen atoms in total. The lowest BCUT2D eigenvalue weighted by Gasteiger charge is -2.34. The Labute approximate surface area is 170 Å². The summed E-state index contributed by atoms with van der Waals surface area (Å²) in [5.74, 6) is 0.869. The lowest BCUT2D eigenvalue weighted by atomic mass is 10.1. The third-order valence-corrected chi connectivity index (χ3v) is 5.22. The van der Waals surface area contributed by atoms with Gasteiger partial charge in [-0.1, -0.05) is 6.07 Å². The summed E-state index contributed by atoms with van der Waals surface area (Å²) in [6.45, 7) is 3.61. The van der Waals surface area contributed by atoms with Crippen LogP contribution in [0.5, 0.6) is 5.75 Å². The molecule has 0 N–H and O–H groups in total. The lowest BCUT2D eigenvalue weighted by molar-refractivity contribution is -0.137. The van der Waals surface area contributed by atoms with Crippen molar-refractivity contribution in [2.45, 2.75) is 13.1 Å². The second-order valence-corrected chi connectivity index (χ2v) is 7.11. The van der Waals surface area contributed by atoms with Gasteiger partial charge in [-0.2, -0.15) is 13.2 Å². The van der Waals surface area contributed by atoms with Crippen LogP contribution in [0.3, 0.4) is 0 Å². The first-order valence-electron chi connectivity index (χ1n) is 9.39. The highest BCUT2D eigenvalue weighted by atomic mass is 19.4. The van der Waals surface area contributed by atoms with Crippen molar-refractivity contribution in [3.8, 4) is 5.75 Å². The van der Waals surface area contributed by atoms with E-state index in [1.165, 1.54) is 10.5 Å². The Balaban J connectivity index is 1.50. The minimum Gasteiger partial charge on any atom is -0.496 e. The monoisotopic (exact) mass is 419 g/mol. The number of aryl methyl sites for hydroxylation is 1. The molecule has 4 rings (SSSR count). The van der Waals surface area contributed by atoms with Crippen molar-refractivity contribution < 1.29 is 22.7 Å². The Morgan fingerprint density at radius 3 is 2.47 bits per heavy atom. The van der Waals surface area contributed by atoms with Crippen molar-refractivity contribution in [3.63, 3.8) is 0 Å². The van der Waals surface area contributed by atoms with Gasteiger partial charge in [0, 0.05) is 37.9 Å². The topological polar surface area (TPSA) is 63.0 Å². The van der Waals surface area contributed by atoms with Gasteiger partial charge in [-0.05, 0) is 36.8 Å². The third kappa shape index (κ3) is 3.64. The fourth-order valence-electron chi connectivity index (χ4n) is 3.51. The molecule has 0 atom stereocenters. The van der Waals surface area contributed by atoms with Crippen LogP contribution in [0.4, 0.5) is 19.1 Å². The maximum absolute atomic E-state index is 13.1. The highest BCUT2D eigenvalue weighted by Gasteiger charge is 2.32. The van der Waals surface area contributed by atoms with Gasteiger partial charge < -0.3 is 14.5 Å². The Bertz CT molecular complexity index is 1090. The fourth-order valence-corrected chi connectivity index (χ4v) is 3.51. The van der Waals surface area contributed by atoms with E-state index < -0.39 is 11.7 Å². The summed E-state index contributed by atoms with van der Waals surface area (Å²) in [7, 11) is 1.56. The van der Waals surface area contributed by atoms with E-state index in [2.05, 4.69) is 10.2 Å². The number of pyridine rings is 1. The van der Waals surface area contributed by atoms with E-state index in [1.54, 1.807) is 24.1 Å². The van der Waals surface area contributed by atoms with Crippen LogP contribution in [0.25, 0.3) is 5.65 Å². The number of anilines is 1. The SMILES string of the molecule is COc1cc(C(=O)N2CCN(c3nnc4ccc(C(F)(F)F)cn34)CC2)ccc1C. The van der Waals surface area contributed by atoms with Crippen molar-refractivity contribution in [1.82, 2.24) is 19.5 Å². The molecule has 0 bridgehead atoms. The second kappa shape index (κ2) is 7.51. The van der Waals surface area contributed by atoms with Crippen LogP contribution in [0.1, 0.15) is 21.5 Å². The predicted molar refractivity (Wildman–Crippen MR) is 104 cm³/mol. The molecule has 1 saturated heterocycles. The average molecular weight is 419 g/mol.